The van der Waals surface area contributed by atoms with Gasteiger partial charge in [0, 0.05) is 28.2 Å². The van der Waals surface area contributed by atoms with E-state index in [-0.39, 0.29) is 22.3 Å². The molecule has 2 aromatic carbocycles. The number of aryl methyl sites for hydroxylation is 1. The Morgan fingerprint density at radius 2 is 1.97 bits per heavy atom. The maximum absolute atomic E-state index is 15.1. The van der Waals surface area contributed by atoms with Crippen LogP contribution in [0.3, 0.4) is 0 Å². The molecule has 0 radical (unpaired) electrons. The number of hydrogen-bond acceptors (Lipinski definition) is 3. The number of carbonyl (C=O) groups is 1. The molecule has 0 saturated carbocycles. The van der Waals surface area contributed by atoms with Crippen molar-refractivity contribution in [2.75, 3.05) is 0 Å². The monoisotopic (exact) mass is 395 g/mol. The zero-order valence-electron chi connectivity index (χ0n) is 19.9. The molecule has 0 atom stereocenters. The number of nitrogens with zero attached hydrogens (tertiary/aromatic N) is 4. The lowest BCUT2D eigenvalue weighted by Crippen LogP contribution is -2.24. The molecule has 1 amide bonds. The van der Waals surface area contributed by atoms with Gasteiger partial charge in [0.05, 0.1) is 38.8 Å². The number of amides is 1. The summed E-state index contributed by atoms with van der Waals surface area (Å²) in [6.45, 7) is -5.49. The molecule has 0 bridgehead atoms. The molecule has 1 aliphatic heterocycles. The number of halogens is 2. The predicted octanol–water partition coefficient (Wildman–Crippen LogP) is 4.07. The summed E-state index contributed by atoms with van der Waals surface area (Å²) in [5.74, 6) is -2.65. The van der Waals surface area contributed by atoms with E-state index in [9.17, 15) is 4.79 Å². The zero-order chi connectivity index (χ0) is 24.4. The van der Waals surface area contributed by atoms with E-state index in [4.69, 9.17) is 6.85 Å². The Morgan fingerprint density at radius 1 is 1.17 bits per heavy atom. The highest BCUT2D eigenvalue weighted by molar-refractivity contribution is 5.97. The Morgan fingerprint density at radius 3 is 2.72 bits per heavy atom. The third kappa shape index (κ3) is 2.77. The van der Waals surface area contributed by atoms with E-state index in [1.54, 1.807) is 18.2 Å². The Hall–Kier alpha value is -3.61. The fourth-order valence-corrected chi connectivity index (χ4v) is 3.47. The minimum Gasteiger partial charge on any atom is -0.328 e. The van der Waals surface area contributed by atoms with Gasteiger partial charge in [0.2, 0.25) is 0 Å². The number of fused-ring (bicyclic) bond motifs is 2. The lowest BCUT2D eigenvalue weighted by molar-refractivity contribution is 0.0763. The van der Waals surface area contributed by atoms with Crippen LogP contribution in [0.4, 0.5) is 8.78 Å². The molecule has 4 aromatic rings. The molecule has 144 valence electrons. The van der Waals surface area contributed by atoms with Crippen molar-refractivity contribution in [1.29, 1.82) is 0 Å². The second-order valence-electron chi connectivity index (χ2n) is 6.62. The van der Waals surface area contributed by atoms with E-state index in [0.29, 0.717) is 10.9 Å². The van der Waals surface area contributed by atoms with Gasteiger partial charge < -0.3 is 4.90 Å². The third-order valence-corrected chi connectivity index (χ3v) is 4.91. The molecule has 5 rings (SSSR count). The summed E-state index contributed by atoms with van der Waals surface area (Å²) < 4.78 is 70.4. The van der Waals surface area contributed by atoms with Gasteiger partial charge in [-0.1, -0.05) is 12.1 Å². The maximum Gasteiger partial charge on any atom is 0.256 e. The second-order valence-corrected chi connectivity index (χ2v) is 6.62. The number of benzene rings is 2. The van der Waals surface area contributed by atoms with E-state index in [0.717, 1.165) is 21.7 Å². The van der Waals surface area contributed by atoms with Gasteiger partial charge in [0.25, 0.3) is 5.91 Å². The number of aromatic nitrogens is 3. The number of rotatable bonds is 3. The number of pyridine rings is 1. The molecule has 3 heterocycles. The summed E-state index contributed by atoms with van der Waals surface area (Å²) in [5.41, 5.74) is 0.276. The summed E-state index contributed by atoms with van der Waals surface area (Å²) in [5, 5.41) is 4.30. The summed E-state index contributed by atoms with van der Waals surface area (Å²) >= 11 is 0. The van der Waals surface area contributed by atoms with Crippen molar-refractivity contribution in [3.63, 3.8) is 0 Å². The van der Waals surface area contributed by atoms with Gasteiger partial charge >= 0.3 is 0 Å². The molecule has 5 nitrogen and oxygen atoms in total. The van der Waals surface area contributed by atoms with E-state index < -0.39 is 43.1 Å². The lowest BCUT2D eigenvalue weighted by atomic mass is 9.99. The van der Waals surface area contributed by atoms with Crippen LogP contribution >= 0.6 is 0 Å². The van der Waals surface area contributed by atoms with Crippen LogP contribution in [0.5, 0.6) is 0 Å². The highest BCUT2D eigenvalue weighted by atomic mass is 19.1. The first-order valence-electron chi connectivity index (χ1n) is 11.2. The molecule has 0 unspecified atom stereocenters. The average Bonchev–Trinajstić information content (AvgIpc) is 3.29. The molecular weight excluding hydrogens is 374 g/mol. The van der Waals surface area contributed by atoms with Gasteiger partial charge in [-0.05, 0) is 41.5 Å². The third-order valence-electron chi connectivity index (χ3n) is 4.91. The van der Waals surface area contributed by atoms with Crippen molar-refractivity contribution in [1.82, 2.24) is 19.7 Å². The van der Waals surface area contributed by atoms with Crippen LogP contribution in [-0.4, -0.2) is 25.6 Å². The zero-order valence-corrected chi connectivity index (χ0v) is 14.9. The van der Waals surface area contributed by atoms with Crippen molar-refractivity contribution < 1.29 is 20.4 Å². The van der Waals surface area contributed by atoms with E-state index in [1.165, 1.54) is 24.5 Å². The van der Waals surface area contributed by atoms with Crippen LogP contribution in [0.25, 0.3) is 22.0 Å². The SMILES string of the molecule is [2H]C1([2H])c2ncccc2C(=O)N1Cc1c(F)cc(-c2cccc3c2cnn3C([2H])([2H])[2H])cc1F. The average molecular weight is 395 g/mol. The predicted molar refractivity (Wildman–Crippen MR) is 104 cm³/mol. The van der Waals surface area contributed by atoms with Crippen LogP contribution in [0, 0.1) is 11.6 Å². The Labute approximate surface area is 172 Å². The molecule has 0 N–H and O–H groups in total. The standard InChI is InChI=1S/C22H16F2N4O/c1-27-21-6-2-4-14(16(21)10-26-27)13-8-18(23)17(19(24)9-13)11-28-12-20-15(22(28)29)5-3-7-25-20/h2-10H,11-12H2,1H3/i1D3,12D2. The molecular formula is C22H16F2N4O. The van der Waals surface area contributed by atoms with E-state index >= 15 is 8.78 Å². The van der Waals surface area contributed by atoms with Gasteiger partial charge in [-0.25, -0.2) is 8.78 Å². The van der Waals surface area contributed by atoms with Crippen molar-refractivity contribution in [3.8, 4) is 11.1 Å². The fourth-order valence-electron chi connectivity index (χ4n) is 3.47. The van der Waals surface area contributed by atoms with Gasteiger partial charge in [0.15, 0.2) is 0 Å². The molecule has 0 fully saturated rings. The van der Waals surface area contributed by atoms with Crippen molar-refractivity contribution >= 4 is 16.8 Å². The van der Waals surface area contributed by atoms with Crippen LogP contribution in [0.2, 0.25) is 0 Å². The van der Waals surface area contributed by atoms with Crippen molar-refractivity contribution in [2.24, 2.45) is 6.98 Å². The van der Waals surface area contributed by atoms with Crippen molar-refractivity contribution in [2.45, 2.75) is 13.0 Å². The van der Waals surface area contributed by atoms with Gasteiger partial charge in [-0.2, -0.15) is 5.10 Å². The maximum atomic E-state index is 15.1. The Balaban J connectivity index is 1.54. The minimum absolute atomic E-state index is 0.0443. The Bertz CT molecular complexity index is 1440. The van der Waals surface area contributed by atoms with Crippen LogP contribution in [0.1, 0.15) is 28.5 Å². The lowest BCUT2D eigenvalue weighted by Gasteiger charge is -2.17. The van der Waals surface area contributed by atoms with Gasteiger partial charge in [0.1, 0.15) is 11.6 Å². The van der Waals surface area contributed by atoms with Gasteiger partial charge in [-0.15, -0.1) is 0 Å². The van der Waals surface area contributed by atoms with Crippen LogP contribution in [-0.2, 0) is 20.0 Å². The summed E-state index contributed by atoms with van der Waals surface area (Å²) in [6, 6.07) is 9.74. The number of hydrogen-bond donors (Lipinski definition) is 0. The quantitative estimate of drug-likeness (QED) is 0.525. The molecule has 2 aromatic heterocycles. The first-order chi connectivity index (χ1) is 16.0. The fraction of sp³-hybridized carbons (Fsp3) is 0.136. The molecule has 7 heteroatoms. The van der Waals surface area contributed by atoms with Crippen LogP contribution < -0.4 is 0 Å². The van der Waals surface area contributed by atoms with E-state index in [1.807, 2.05) is 0 Å². The molecule has 0 aliphatic carbocycles. The topological polar surface area (TPSA) is 51.0 Å². The summed E-state index contributed by atoms with van der Waals surface area (Å²) in [6.07, 6.45) is 2.67. The summed E-state index contributed by atoms with van der Waals surface area (Å²) in [7, 11) is 0. The molecule has 0 saturated heterocycles. The van der Waals surface area contributed by atoms with Gasteiger partial charge in [-0.3, -0.25) is 14.5 Å². The van der Waals surface area contributed by atoms with E-state index in [2.05, 4.69) is 10.1 Å². The highest BCUT2D eigenvalue weighted by Gasteiger charge is 2.29. The molecule has 1 aliphatic rings. The largest absolute Gasteiger partial charge is 0.328 e. The minimum atomic E-state index is -2.52. The molecule has 29 heavy (non-hydrogen) atoms. The Kier molecular flexibility index (Phi) is 2.85. The molecule has 0 spiro atoms. The van der Waals surface area contributed by atoms with Crippen LogP contribution in [0.15, 0.2) is 54.9 Å². The van der Waals surface area contributed by atoms with Crippen molar-refractivity contribution in [3.05, 3.63) is 83.3 Å². The second kappa shape index (κ2) is 6.48. The normalized spacial score (nSPS) is 18.1. The summed E-state index contributed by atoms with van der Waals surface area (Å²) in [4.78, 5) is 17.4. The first kappa shape index (κ1) is 12.8. The number of carbonyl (C=O) groups excluding carboxylic acids is 1. The first-order valence-corrected chi connectivity index (χ1v) is 8.73. The smallest absolute Gasteiger partial charge is 0.256 e. The highest BCUT2D eigenvalue weighted by Crippen LogP contribution is 2.32.